The summed E-state index contributed by atoms with van der Waals surface area (Å²) in [5, 5.41) is 9.44. The molecule has 25 heavy (non-hydrogen) atoms. The normalized spacial score (nSPS) is 16.7. The second kappa shape index (κ2) is 5.92. The van der Waals surface area contributed by atoms with E-state index in [1.54, 1.807) is 32.0 Å². The third-order valence-corrected chi connectivity index (χ3v) is 4.46. The summed E-state index contributed by atoms with van der Waals surface area (Å²) in [5.74, 6) is -2.87. The lowest BCUT2D eigenvalue weighted by Crippen LogP contribution is -2.39. The molecule has 2 aromatic rings. The largest absolute Gasteiger partial charge is 0.318 e. The second-order valence-corrected chi connectivity index (χ2v) is 6.68. The van der Waals surface area contributed by atoms with Gasteiger partial charge in [0.1, 0.15) is 23.5 Å². The van der Waals surface area contributed by atoms with Gasteiger partial charge in [-0.3, -0.25) is 4.79 Å². The summed E-state index contributed by atoms with van der Waals surface area (Å²) < 4.78 is 41.7. The van der Waals surface area contributed by atoms with E-state index in [4.69, 9.17) is 0 Å². The molecule has 0 N–H and O–H groups in total. The Labute approximate surface area is 143 Å². The molecule has 1 aliphatic rings. The zero-order chi connectivity index (χ0) is 18.4. The molecule has 128 valence electrons. The van der Waals surface area contributed by atoms with Gasteiger partial charge in [-0.2, -0.15) is 5.26 Å². The van der Waals surface area contributed by atoms with E-state index in [-0.39, 0.29) is 17.7 Å². The maximum Gasteiger partial charge on any atom is 0.255 e. The van der Waals surface area contributed by atoms with Crippen molar-refractivity contribution >= 4 is 5.91 Å². The molecule has 0 fully saturated rings. The minimum atomic E-state index is -1.17. The molecule has 0 radical (unpaired) electrons. The number of amides is 1. The lowest BCUT2D eigenvalue weighted by molar-refractivity contribution is 0.0719. The molecular formula is C19H15F3N2O. The lowest BCUT2D eigenvalue weighted by atomic mass is 9.83. The van der Waals surface area contributed by atoms with Gasteiger partial charge in [-0.1, -0.05) is 32.0 Å². The summed E-state index contributed by atoms with van der Waals surface area (Å²) in [5.41, 5.74) is -0.735. The molecule has 0 spiro atoms. The van der Waals surface area contributed by atoms with Gasteiger partial charge >= 0.3 is 0 Å². The van der Waals surface area contributed by atoms with E-state index >= 15 is 0 Å². The Hall–Kier alpha value is -2.81. The molecule has 1 heterocycles. The molecule has 6 heteroatoms. The summed E-state index contributed by atoms with van der Waals surface area (Å²) in [7, 11) is 0. The van der Waals surface area contributed by atoms with Crippen molar-refractivity contribution in [3.63, 3.8) is 0 Å². The molecule has 1 amide bonds. The average Bonchev–Trinajstić information content (AvgIpc) is 2.80. The highest BCUT2D eigenvalue weighted by Crippen LogP contribution is 2.38. The van der Waals surface area contributed by atoms with Gasteiger partial charge in [0.05, 0.1) is 11.6 Å². The molecular weight excluding hydrogens is 329 g/mol. The number of carbonyl (C=O) groups excluding carboxylic acids is 1. The van der Waals surface area contributed by atoms with Crippen LogP contribution in [0.1, 0.15) is 41.4 Å². The van der Waals surface area contributed by atoms with Crippen LogP contribution in [0.3, 0.4) is 0 Å². The third-order valence-electron chi connectivity index (χ3n) is 4.46. The average molecular weight is 344 g/mol. The van der Waals surface area contributed by atoms with Crippen molar-refractivity contribution in [1.29, 1.82) is 5.26 Å². The fourth-order valence-corrected chi connectivity index (χ4v) is 3.29. The third kappa shape index (κ3) is 2.76. The maximum atomic E-state index is 14.1. The van der Waals surface area contributed by atoms with E-state index in [0.717, 1.165) is 6.07 Å². The van der Waals surface area contributed by atoms with Crippen molar-refractivity contribution in [1.82, 2.24) is 4.90 Å². The fraction of sp³-hybridized carbons (Fsp3) is 0.263. The van der Waals surface area contributed by atoms with Crippen LogP contribution in [0, 0.1) is 28.8 Å². The Bertz CT molecular complexity index is 902. The second-order valence-electron chi connectivity index (χ2n) is 6.68. The quantitative estimate of drug-likeness (QED) is 0.841. The number of hydrogen-bond acceptors (Lipinski definition) is 2. The van der Waals surface area contributed by atoms with E-state index in [2.05, 4.69) is 0 Å². The predicted molar refractivity (Wildman–Crippen MR) is 85.2 cm³/mol. The molecule has 2 aromatic carbocycles. The predicted octanol–water partition coefficient (Wildman–Crippen LogP) is 4.10. The monoisotopic (exact) mass is 344 g/mol. The molecule has 3 rings (SSSR count). The number of benzene rings is 2. The summed E-state index contributed by atoms with van der Waals surface area (Å²) in [6.07, 6.45) is 0. The Kier molecular flexibility index (Phi) is 4.03. The van der Waals surface area contributed by atoms with Crippen molar-refractivity contribution in [3.05, 3.63) is 70.5 Å². The maximum absolute atomic E-state index is 14.1. The van der Waals surface area contributed by atoms with Gasteiger partial charge in [0.25, 0.3) is 5.91 Å². The Morgan fingerprint density at radius 3 is 2.48 bits per heavy atom. The van der Waals surface area contributed by atoms with Crippen molar-refractivity contribution in [2.24, 2.45) is 0 Å². The van der Waals surface area contributed by atoms with E-state index in [9.17, 15) is 23.2 Å². The highest BCUT2D eigenvalue weighted by molar-refractivity contribution is 5.99. The van der Waals surface area contributed by atoms with Crippen molar-refractivity contribution < 1.29 is 18.0 Å². The van der Waals surface area contributed by atoms with Crippen LogP contribution < -0.4 is 0 Å². The standard InChI is InChI=1S/C19H15F3N2O/c1-19(2,13-5-3-4-6-14(13)21)10-24-16(9-23)17-12(18(24)25)7-11(20)8-15(17)22/h3-8,16H,10H2,1-2H3. The van der Waals surface area contributed by atoms with Crippen LogP contribution in [0.5, 0.6) is 0 Å². The van der Waals surface area contributed by atoms with Crippen molar-refractivity contribution in [2.45, 2.75) is 25.3 Å². The van der Waals surface area contributed by atoms with Crippen LogP contribution in [0.4, 0.5) is 13.2 Å². The Morgan fingerprint density at radius 1 is 1.16 bits per heavy atom. The summed E-state index contributed by atoms with van der Waals surface area (Å²) in [4.78, 5) is 13.8. The lowest BCUT2D eigenvalue weighted by Gasteiger charge is -2.32. The van der Waals surface area contributed by atoms with Crippen LogP contribution >= 0.6 is 0 Å². The van der Waals surface area contributed by atoms with Gasteiger partial charge in [-0.15, -0.1) is 0 Å². The number of hydrogen-bond donors (Lipinski definition) is 0. The van der Waals surface area contributed by atoms with E-state index in [1.807, 2.05) is 6.07 Å². The van der Waals surface area contributed by atoms with Crippen LogP contribution in [0.15, 0.2) is 36.4 Å². The summed E-state index contributed by atoms with van der Waals surface area (Å²) >= 11 is 0. The van der Waals surface area contributed by atoms with E-state index in [0.29, 0.717) is 11.6 Å². The van der Waals surface area contributed by atoms with Crippen LogP contribution in [0.25, 0.3) is 0 Å². The molecule has 0 aromatic heterocycles. The minimum absolute atomic E-state index is 0.0132. The Balaban J connectivity index is 2.02. The molecule has 1 atom stereocenters. The van der Waals surface area contributed by atoms with Crippen molar-refractivity contribution in [3.8, 4) is 6.07 Å². The number of nitriles is 1. The SMILES string of the molecule is CC(C)(CN1C(=O)c2cc(F)cc(F)c2C1C#N)c1ccccc1F. The number of rotatable bonds is 3. The van der Waals surface area contributed by atoms with E-state index in [1.165, 1.54) is 11.0 Å². The summed E-state index contributed by atoms with van der Waals surface area (Å²) in [6, 6.07) is 8.46. The fourth-order valence-electron chi connectivity index (χ4n) is 3.29. The van der Waals surface area contributed by atoms with Crippen LogP contribution in [-0.2, 0) is 5.41 Å². The first-order valence-electron chi connectivity index (χ1n) is 7.71. The summed E-state index contributed by atoms with van der Waals surface area (Å²) in [6.45, 7) is 3.45. The minimum Gasteiger partial charge on any atom is -0.318 e. The molecule has 1 unspecified atom stereocenters. The zero-order valence-corrected chi connectivity index (χ0v) is 13.7. The van der Waals surface area contributed by atoms with Gasteiger partial charge in [-0.25, -0.2) is 13.2 Å². The van der Waals surface area contributed by atoms with Crippen LogP contribution in [-0.4, -0.2) is 17.4 Å². The highest BCUT2D eigenvalue weighted by atomic mass is 19.1. The van der Waals surface area contributed by atoms with Gasteiger partial charge < -0.3 is 4.90 Å². The first-order valence-corrected chi connectivity index (χ1v) is 7.71. The van der Waals surface area contributed by atoms with Crippen LogP contribution in [0.2, 0.25) is 0 Å². The number of halogens is 3. The van der Waals surface area contributed by atoms with Gasteiger partial charge in [0.2, 0.25) is 0 Å². The molecule has 0 aliphatic carbocycles. The van der Waals surface area contributed by atoms with Gasteiger partial charge in [0.15, 0.2) is 0 Å². The van der Waals surface area contributed by atoms with Gasteiger partial charge in [-0.05, 0) is 17.7 Å². The Morgan fingerprint density at radius 2 is 1.84 bits per heavy atom. The first-order chi connectivity index (χ1) is 11.8. The van der Waals surface area contributed by atoms with Crippen molar-refractivity contribution in [2.75, 3.05) is 6.54 Å². The van der Waals surface area contributed by atoms with E-state index < -0.39 is 34.8 Å². The number of nitrogens with zero attached hydrogens (tertiary/aromatic N) is 2. The molecule has 3 nitrogen and oxygen atoms in total. The smallest absolute Gasteiger partial charge is 0.255 e. The topological polar surface area (TPSA) is 44.1 Å². The molecule has 0 bridgehead atoms. The highest BCUT2D eigenvalue weighted by Gasteiger charge is 2.42. The number of fused-ring (bicyclic) bond motifs is 1. The molecule has 0 saturated carbocycles. The zero-order valence-electron chi connectivity index (χ0n) is 13.7. The van der Waals surface area contributed by atoms with Gasteiger partial charge in [0, 0.05) is 23.6 Å². The number of carbonyl (C=O) groups is 1. The molecule has 1 aliphatic heterocycles. The first kappa shape index (κ1) is 17.0. The molecule has 0 saturated heterocycles.